The molecule has 0 bridgehead atoms. The Morgan fingerprint density at radius 1 is 1.38 bits per heavy atom. The molecule has 3 N–H and O–H groups in total. The van der Waals surface area contributed by atoms with Crippen LogP contribution in [-0.2, 0) is 4.79 Å². The molecule has 0 aromatic carbocycles. The second-order valence-corrected chi connectivity index (χ2v) is 6.91. The van der Waals surface area contributed by atoms with Crippen LogP contribution in [0.2, 0.25) is 0 Å². The monoisotopic (exact) mass is 406 g/mol. The summed E-state index contributed by atoms with van der Waals surface area (Å²) in [6, 6.07) is 4.50. The highest BCUT2D eigenvalue weighted by Crippen LogP contribution is 2.40. The Hall–Kier alpha value is -3.14. The summed E-state index contributed by atoms with van der Waals surface area (Å²) in [5.74, 6) is -6.06. The lowest BCUT2D eigenvalue weighted by Crippen LogP contribution is -2.52. The first-order valence-corrected chi connectivity index (χ1v) is 8.98. The molecule has 1 aliphatic heterocycles. The van der Waals surface area contributed by atoms with Gasteiger partial charge < -0.3 is 15.4 Å². The van der Waals surface area contributed by atoms with Crippen LogP contribution >= 0.6 is 0 Å². The van der Waals surface area contributed by atoms with Crippen molar-refractivity contribution >= 4 is 17.7 Å². The van der Waals surface area contributed by atoms with Gasteiger partial charge in [-0.05, 0) is 24.6 Å². The fourth-order valence-corrected chi connectivity index (χ4v) is 3.33. The van der Waals surface area contributed by atoms with Crippen molar-refractivity contribution in [2.75, 3.05) is 18.4 Å². The molecule has 0 unspecified atom stereocenters. The first-order valence-electron chi connectivity index (χ1n) is 8.98. The van der Waals surface area contributed by atoms with Gasteiger partial charge in [0, 0.05) is 38.0 Å². The highest BCUT2D eigenvalue weighted by molar-refractivity contribution is 6.00. The maximum atomic E-state index is 14.5. The number of aromatic nitrogens is 2. The van der Waals surface area contributed by atoms with Gasteiger partial charge in [0.15, 0.2) is 0 Å². The van der Waals surface area contributed by atoms with Gasteiger partial charge in [-0.1, -0.05) is 6.07 Å². The second kappa shape index (κ2) is 8.08. The van der Waals surface area contributed by atoms with E-state index in [1.54, 1.807) is 11.8 Å². The predicted octanol–water partition coefficient (Wildman–Crippen LogP) is 1.92. The number of carbonyl (C=O) groups excluding carboxylic acids is 1. The molecule has 0 spiro atoms. The van der Waals surface area contributed by atoms with Gasteiger partial charge in [0.1, 0.15) is 11.4 Å². The third kappa shape index (κ3) is 4.48. The molecule has 2 aromatic heterocycles. The Morgan fingerprint density at radius 3 is 2.79 bits per heavy atom. The number of aromatic amines is 1. The largest absolute Gasteiger partial charge is 0.478 e. The number of hydrogen-bond acceptors (Lipinski definition) is 5. The van der Waals surface area contributed by atoms with E-state index in [9.17, 15) is 28.3 Å². The van der Waals surface area contributed by atoms with Crippen LogP contribution in [0.5, 0.6) is 0 Å². The van der Waals surface area contributed by atoms with Crippen molar-refractivity contribution in [3.05, 3.63) is 58.1 Å². The van der Waals surface area contributed by atoms with E-state index >= 15 is 0 Å². The summed E-state index contributed by atoms with van der Waals surface area (Å²) < 4.78 is 29.0. The number of H-pyrrole nitrogens is 1. The summed E-state index contributed by atoms with van der Waals surface area (Å²) in [5.41, 5.74) is -0.267. The van der Waals surface area contributed by atoms with Crippen LogP contribution < -0.4 is 10.9 Å². The topological polar surface area (TPSA) is 115 Å². The number of hydrogen-bond donors (Lipinski definition) is 3. The maximum Gasteiger partial charge on any atom is 0.339 e. The fourth-order valence-electron chi connectivity index (χ4n) is 3.33. The first kappa shape index (κ1) is 20.6. The third-order valence-electron chi connectivity index (χ3n) is 5.08. The van der Waals surface area contributed by atoms with Gasteiger partial charge in [-0.25, -0.2) is 18.6 Å². The second-order valence-electron chi connectivity index (χ2n) is 6.91. The van der Waals surface area contributed by atoms with E-state index in [4.69, 9.17) is 0 Å². The number of carboxylic acids is 1. The van der Waals surface area contributed by atoms with E-state index in [0.29, 0.717) is 0 Å². The smallest absolute Gasteiger partial charge is 0.339 e. The van der Waals surface area contributed by atoms with E-state index < -0.39 is 36.2 Å². The van der Waals surface area contributed by atoms with E-state index in [-0.39, 0.29) is 35.6 Å². The average molecular weight is 406 g/mol. The first-order chi connectivity index (χ1) is 13.7. The highest BCUT2D eigenvalue weighted by Gasteiger charge is 2.46. The zero-order chi connectivity index (χ0) is 21.2. The number of likely N-dealkylation sites (tertiary alicyclic amines) is 1. The molecular formula is C19H20F2N4O4. The summed E-state index contributed by atoms with van der Waals surface area (Å²) in [5, 5.41) is 11.7. The minimum absolute atomic E-state index is 0.00452. The summed E-state index contributed by atoms with van der Waals surface area (Å²) in [6.45, 7) is 1.46. The number of amides is 1. The molecule has 10 heteroatoms. The number of nitrogens with one attached hydrogen (secondary N) is 2. The minimum Gasteiger partial charge on any atom is -0.478 e. The number of aromatic carboxylic acids is 1. The number of nitrogens with zero attached hydrogens (tertiary/aromatic N) is 2. The zero-order valence-electron chi connectivity index (χ0n) is 15.6. The van der Waals surface area contributed by atoms with Crippen LogP contribution in [0, 0.1) is 0 Å². The zero-order valence-corrected chi connectivity index (χ0v) is 15.6. The molecule has 8 nitrogen and oxygen atoms in total. The number of piperidine rings is 1. The van der Waals surface area contributed by atoms with E-state index in [1.807, 2.05) is 0 Å². The Morgan fingerprint density at radius 2 is 2.14 bits per heavy atom. The molecule has 0 saturated carbocycles. The third-order valence-corrected chi connectivity index (χ3v) is 5.08. The van der Waals surface area contributed by atoms with Crippen LogP contribution in [0.1, 0.15) is 35.2 Å². The Bertz CT molecular complexity index is 958. The normalized spacial score (nSPS) is 20.0. The van der Waals surface area contributed by atoms with Gasteiger partial charge in [-0.3, -0.25) is 14.5 Å². The van der Waals surface area contributed by atoms with Crippen LogP contribution in [0.3, 0.4) is 0 Å². The summed E-state index contributed by atoms with van der Waals surface area (Å²) in [6.07, 6.45) is 2.17. The van der Waals surface area contributed by atoms with Crippen molar-refractivity contribution in [3.63, 3.8) is 0 Å². The van der Waals surface area contributed by atoms with Crippen molar-refractivity contribution < 1.29 is 23.5 Å². The van der Waals surface area contributed by atoms with Crippen molar-refractivity contribution in [1.82, 2.24) is 14.9 Å². The molecule has 3 rings (SSSR count). The van der Waals surface area contributed by atoms with Gasteiger partial charge >= 0.3 is 5.97 Å². The van der Waals surface area contributed by atoms with Gasteiger partial charge in [0.25, 0.3) is 5.92 Å². The molecule has 1 aliphatic rings. The van der Waals surface area contributed by atoms with Crippen LogP contribution in [0.4, 0.5) is 14.6 Å². The van der Waals surface area contributed by atoms with Crippen molar-refractivity contribution in [2.24, 2.45) is 0 Å². The fraction of sp³-hybridized carbons (Fsp3) is 0.368. The number of pyridine rings is 2. The lowest BCUT2D eigenvalue weighted by Gasteiger charge is -2.40. The minimum atomic E-state index is -2.98. The standard InChI is InChI=1S/C19H20F2N4O4/c1-11(17(27)24-16-13(18(28)29)3-2-7-22-16)25-8-6-19(20,21)14(10-25)12-4-5-15(26)23-9-12/h2-5,7,9,11,14H,6,8,10H2,1H3,(H,23,26)(H,28,29)(H,22,24,27)/t11-,14+/m0/s1. The molecule has 2 atom stereocenters. The average Bonchev–Trinajstić information content (AvgIpc) is 2.68. The number of halogens is 2. The van der Waals surface area contributed by atoms with Crippen LogP contribution in [0.25, 0.3) is 0 Å². The molecule has 0 radical (unpaired) electrons. The quantitative estimate of drug-likeness (QED) is 0.699. The SMILES string of the molecule is C[C@@H](C(=O)Nc1ncccc1C(=O)O)N1CCC(F)(F)[C@@H](c2ccc(=O)[nH]c2)C1. The number of alkyl halides is 2. The summed E-state index contributed by atoms with van der Waals surface area (Å²) in [7, 11) is 0. The molecule has 0 aliphatic carbocycles. The van der Waals surface area contributed by atoms with Crippen molar-refractivity contribution in [2.45, 2.75) is 31.2 Å². The van der Waals surface area contributed by atoms with Crippen LogP contribution in [0.15, 0.2) is 41.5 Å². The van der Waals surface area contributed by atoms with Gasteiger partial charge in [-0.2, -0.15) is 0 Å². The molecule has 3 heterocycles. The molecule has 1 amide bonds. The van der Waals surface area contributed by atoms with E-state index in [1.165, 1.54) is 36.7 Å². The Balaban J connectivity index is 1.76. The molecule has 1 fully saturated rings. The Labute approximate surface area is 164 Å². The number of carboxylic acid groups (broad SMARTS) is 1. The molecular weight excluding hydrogens is 386 g/mol. The van der Waals surface area contributed by atoms with Crippen molar-refractivity contribution in [1.29, 1.82) is 0 Å². The summed E-state index contributed by atoms with van der Waals surface area (Å²) in [4.78, 5) is 43.0. The number of carbonyl (C=O) groups is 2. The lowest BCUT2D eigenvalue weighted by molar-refractivity contribution is -0.125. The lowest BCUT2D eigenvalue weighted by atomic mass is 9.87. The number of rotatable bonds is 5. The van der Waals surface area contributed by atoms with Gasteiger partial charge in [-0.15, -0.1) is 0 Å². The summed E-state index contributed by atoms with van der Waals surface area (Å²) >= 11 is 0. The van der Waals surface area contributed by atoms with Gasteiger partial charge in [0.05, 0.1) is 12.0 Å². The highest BCUT2D eigenvalue weighted by atomic mass is 19.3. The van der Waals surface area contributed by atoms with E-state index in [0.717, 1.165) is 0 Å². The molecule has 1 saturated heterocycles. The number of anilines is 1. The molecule has 29 heavy (non-hydrogen) atoms. The van der Waals surface area contributed by atoms with Crippen molar-refractivity contribution in [3.8, 4) is 0 Å². The molecule has 154 valence electrons. The maximum absolute atomic E-state index is 14.5. The molecule has 2 aromatic rings. The Kier molecular flexibility index (Phi) is 5.73. The van der Waals surface area contributed by atoms with Gasteiger partial charge in [0.2, 0.25) is 11.5 Å². The predicted molar refractivity (Wildman–Crippen MR) is 100 cm³/mol. The van der Waals surface area contributed by atoms with E-state index in [2.05, 4.69) is 15.3 Å². The van der Waals surface area contributed by atoms with Crippen LogP contribution in [-0.4, -0.2) is 56.9 Å².